The molecule has 65 heavy (non-hydrogen) atoms. The molecule has 1 aliphatic carbocycles. The Morgan fingerprint density at radius 2 is 1.28 bits per heavy atom. The van der Waals surface area contributed by atoms with Crippen molar-refractivity contribution in [3.8, 4) is 0 Å². The molecule has 1 saturated carbocycles. The lowest BCUT2D eigenvalue weighted by Gasteiger charge is -2.30. The van der Waals surface area contributed by atoms with Crippen LogP contribution in [0.2, 0.25) is 5.02 Å². The van der Waals surface area contributed by atoms with Gasteiger partial charge < -0.3 is 66.3 Å². The van der Waals surface area contributed by atoms with Crippen LogP contribution in [-0.2, 0) is 44.8 Å². The standard InChI is InChI=1S/C40H63ClN14O8S2/c41-24-10-4-9-23(17-24)19-32(57)50-25(11-5-15-48-39(44)45)34(59)51-26(12-6-16-49-40(46)47)35(60)52-27(13-14-31(42)56)36(61)53-28(18-22-7-2-1-3-8-22)37(62)55-30-21-65-64-20-29(33(43)58)54-38(30)63/h4,9-10,17,22,25-30H,1-3,5-8,11-16,18-21H2,(H2,42,56)(H2,43,58)(H,50,57)(H,51,59)(H,52,60)(H,53,61)(H,54,63)(H,55,62)(H4,44,45,48)(H4,46,47,49)/t25-,26-,27+,28+,29+,30+/m1/s1. The van der Waals surface area contributed by atoms with Gasteiger partial charge in [0.15, 0.2) is 11.9 Å². The number of aliphatic imine (C=N–C) groups is 2. The van der Waals surface area contributed by atoms with E-state index in [1.54, 1.807) is 24.3 Å². The minimum atomic E-state index is -1.44. The normalized spacial score (nSPS) is 18.3. The fraction of sp³-hybridized carbons (Fsp3) is 0.600. The monoisotopic (exact) mass is 966 g/mol. The number of hydrogen-bond donors (Lipinski definition) is 12. The lowest BCUT2D eigenvalue weighted by Crippen LogP contribution is -2.60. The summed E-state index contributed by atoms with van der Waals surface area (Å²) in [7, 11) is 2.59. The first-order chi connectivity index (χ1) is 30.9. The summed E-state index contributed by atoms with van der Waals surface area (Å²) in [5.74, 6) is -5.60. The van der Waals surface area contributed by atoms with Crippen molar-refractivity contribution >= 4 is 92.4 Å². The Morgan fingerprint density at radius 1 is 0.723 bits per heavy atom. The second-order valence-corrected chi connectivity index (χ2v) is 18.8. The molecule has 2 aliphatic rings. The number of benzene rings is 1. The van der Waals surface area contributed by atoms with Gasteiger partial charge in [0.2, 0.25) is 47.3 Å². The van der Waals surface area contributed by atoms with Gasteiger partial charge in [-0.25, -0.2) is 0 Å². The van der Waals surface area contributed by atoms with E-state index in [1.165, 1.54) is 21.6 Å². The van der Waals surface area contributed by atoms with E-state index in [0.29, 0.717) is 10.6 Å². The van der Waals surface area contributed by atoms with E-state index in [9.17, 15) is 38.4 Å². The Bertz CT molecular complexity index is 1880. The third-order valence-electron chi connectivity index (χ3n) is 10.5. The molecule has 0 aromatic heterocycles. The van der Waals surface area contributed by atoms with Crippen molar-refractivity contribution in [2.24, 2.45) is 50.3 Å². The van der Waals surface area contributed by atoms with Crippen molar-refractivity contribution in [1.29, 1.82) is 0 Å². The average molecular weight is 968 g/mol. The van der Waals surface area contributed by atoms with Crippen LogP contribution < -0.4 is 66.3 Å². The highest BCUT2D eigenvalue weighted by Crippen LogP contribution is 2.28. The molecule has 2 fully saturated rings. The highest BCUT2D eigenvalue weighted by Gasteiger charge is 2.35. The summed E-state index contributed by atoms with van der Waals surface area (Å²) >= 11 is 6.10. The van der Waals surface area contributed by atoms with Gasteiger partial charge in [-0.05, 0) is 62.1 Å². The predicted octanol–water partition coefficient (Wildman–Crippen LogP) is -1.99. The van der Waals surface area contributed by atoms with Crippen LogP contribution in [0.1, 0.15) is 82.6 Å². The largest absolute Gasteiger partial charge is 0.370 e. The van der Waals surface area contributed by atoms with Crippen LogP contribution in [0, 0.1) is 5.92 Å². The molecule has 0 unspecified atom stereocenters. The van der Waals surface area contributed by atoms with E-state index in [-0.39, 0.29) is 93.8 Å². The summed E-state index contributed by atoms with van der Waals surface area (Å²) < 4.78 is 0. The van der Waals surface area contributed by atoms with Crippen molar-refractivity contribution < 1.29 is 38.4 Å². The second kappa shape index (κ2) is 28.4. The van der Waals surface area contributed by atoms with Crippen LogP contribution in [0.3, 0.4) is 0 Å². The van der Waals surface area contributed by atoms with Gasteiger partial charge in [-0.1, -0.05) is 77.4 Å². The first-order valence-corrected chi connectivity index (χ1v) is 24.3. The Hall–Kier alpha value is -5.49. The fourth-order valence-electron chi connectivity index (χ4n) is 7.14. The van der Waals surface area contributed by atoms with E-state index in [2.05, 4.69) is 41.9 Å². The molecular weight excluding hydrogens is 904 g/mol. The van der Waals surface area contributed by atoms with Gasteiger partial charge in [-0.15, -0.1) is 0 Å². The molecule has 3 rings (SSSR count). The van der Waals surface area contributed by atoms with E-state index in [0.717, 1.165) is 32.1 Å². The van der Waals surface area contributed by atoms with Crippen LogP contribution in [0.15, 0.2) is 34.3 Å². The maximum Gasteiger partial charge on any atom is 0.244 e. The van der Waals surface area contributed by atoms with Crippen molar-refractivity contribution in [3.05, 3.63) is 34.9 Å². The zero-order valence-corrected chi connectivity index (χ0v) is 38.6. The van der Waals surface area contributed by atoms with E-state index >= 15 is 0 Å². The first-order valence-electron chi connectivity index (χ1n) is 21.4. The number of nitrogens with two attached hydrogens (primary N) is 6. The van der Waals surface area contributed by atoms with Gasteiger partial charge in [0.25, 0.3) is 0 Å². The van der Waals surface area contributed by atoms with Crippen LogP contribution in [0.25, 0.3) is 0 Å². The first kappa shape index (κ1) is 53.8. The van der Waals surface area contributed by atoms with Crippen molar-refractivity contribution in [2.45, 2.75) is 120 Å². The lowest BCUT2D eigenvalue weighted by molar-refractivity contribution is -0.135. The van der Waals surface area contributed by atoms with Gasteiger partial charge in [-0.3, -0.25) is 48.3 Å². The number of carbonyl (C=O) groups is 8. The lowest BCUT2D eigenvalue weighted by atomic mass is 9.84. The summed E-state index contributed by atoms with van der Waals surface area (Å²) in [5.41, 5.74) is 33.4. The molecular formula is C40H63ClN14O8S2. The highest BCUT2D eigenvalue weighted by atomic mass is 35.5. The van der Waals surface area contributed by atoms with Gasteiger partial charge >= 0.3 is 0 Å². The zero-order chi connectivity index (χ0) is 47.9. The molecule has 1 heterocycles. The Balaban J connectivity index is 1.87. The van der Waals surface area contributed by atoms with E-state index < -0.39 is 83.5 Å². The number of nitrogens with zero attached hydrogens (tertiary/aromatic N) is 2. The number of hydrogen-bond acceptors (Lipinski definition) is 12. The fourth-order valence-corrected chi connectivity index (χ4v) is 9.69. The quantitative estimate of drug-likeness (QED) is 0.0219. The highest BCUT2D eigenvalue weighted by molar-refractivity contribution is 8.76. The summed E-state index contributed by atoms with van der Waals surface area (Å²) in [4.78, 5) is 114. The molecule has 0 radical (unpaired) electrons. The SMILES string of the molecule is NC(=O)CC[C@H](NC(=O)[C@@H](CCCN=C(N)N)NC(=O)[C@@H](CCCN=C(N)N)NC(=O)Cc1cccc(Cl)c1)C(=O)N[C@@H](CC1CCCCC1)C(=O)N[C@H]1CSSC[C@@H](C(N)=O)NC1=O. The molecule has 1 saturated heterocycles. The van der Waals surface area contributed by atoms with Crippen molar-refractivity contribution in [3.63, 3.8) is 0 Å². The number of rotatable bonds is 25. The smallest absolute Gasteiger partial charge is 0.244 e. The molecule has 1 aliphatic heterocycles. The van der Waals surface area contributed by atoms with Gasteiger partial charge in [0.1, 0.15) is 36.3 Å². The van der Waals surface area contributed by atoms with E-state index in [4.69, 9.17) is 46.0 Å². The molecule has 1 aromatic rings. The molecule has 0 bridgehead atoms. The minimum Gasteiger partial charge on any atom is -0.370 e. The third-order valence-corrected chi connectivity index (χ3v) is 13.2. The Morgan fingerprint density at radius 3 is 1.83 bits per heavy atom. The average Bonchev–Trinajstić information content (AvgIpc) is 3.23. The molecule has 25 heteroatoms. The van der Waals surface area contributed by atoms with Crippen LogP contribution in [-0.4, -0.2) is 120 Å². The summed E-state index contributed by atoms with van der Waals surface area (Å²) in [6.45, 7) is 0.208. The van der Waals surface area contributed by atoms with Crippen LogP contribution in [0.4, 0.5) is 0 Å². The predicted molar refractivity (Wildman–Crippen MR) is 250 cm³/mol. The van der Waals surface area contributed by atoms with Gasteiger partial charge in [-0.2, -0.15) is 0 Å². The summed E-state index contributed by atoms with van der Waals surface area (Å²) in [6, 6.07) is -0.493. The van der Waals surface area contributed by atoms with Gasteiger partial charge in [0, 0.05) is 36.0 Å². The number of carbonyl (C=O) groups excluding carboxylic acids is 8. The Kier molecular flexibility index (Phi) is 23.5. The molecule has 22 nitrogen and oxygen atoms in total. The summed E-state index contributed by atoms with van der Waals surface area (Å²) in [6.07, 6.45) is 4.43. The zero-order valence-electron chi connectivity index (χ0n) is 36.2. The van der Waals surface area contributed by atoms with Gasteiger partial charge in [0.05, 0.1) is 6.42 Å². The molecule has 8 amide bonds. The number of amides is 8. The molecule has 18 N–H and O–H groups in total. The number of guanidine groups is 2. The maximum atomic E-state index is 14.2. The molecule has 6 atom stereocenters. The minimum absolute atomic E-state index is 0.0429. The number of halogens is 1. The van der Waals surface area contributed by atoms with Crippen molar-refractivity contribution in [2.75, 3.05) is 24.6 Å². The number of nitrogens with one attached hydrogen (secondary N) is 6. The summed E-state index contributed by atoms with van der Waals surface area (Å²) in [5, 5.41) is 16.5. The third kappa shape index (κ3) is 20.9. The second-order valence-electron chi connectivity index (χ2n) is 15.8. The van der Waals surface area contributed by atoms with Crippen LogP contribution in [0.5, 0.6) is 0 Å². The van der Waals surface area contributed by atoms with E-state index in [1.807, 2.05) is 0 Å². The molecule has 1 aromatic carbocycles. The maximum absolute atomic E-state index is 14.2. The Labute approximate surface area is 390 Å². The molecule has 0 spiro atoms. The number of primary amides is 2. The topological polar surface area (TPSA) is 390 Å². The van der Waals surface area contributed by atoms with Crippen molar-refractivity contribution in [1.82, 2.24) is 31.9 Å². The molecule has 360 valence electrons. The van der Waals surface area contributed by atoms with Crippen LogP contribution >= 0.6 is 33.2 Å².